The molecule has 1 aliphatic heterocycles. The standard InChI is InChI=1S/C28H27FN2O3/c1-2-25-28(33)31(24-13-7-9-18-8-3-4-10-21(18)24)17-19-16-20(14-15-26(19)34-25)30-27(32)22-11-5-6-12-23(22)29/h3-6,8,10-12,14-16,24-25H,2,7,9,13,17H2,1H3,(H,30,32). The van der Waals surface area contributed by atoms with E-state index in [2.05, 4.69) is 17.4 Å². The smallest absolute Gasteiger partial charge is 0.264 e. The zero-order chi connectivity index (χ0) is 23.7. The Kier molecular flexibility index (Phi) is 6.05. The summed E-state index contributed by atoms with van der Waals surface area (Å²) in [5.74, 6) is -0.474. The molecule has 2 unspecified atom stereocenters. The molecule has 1 N–H and O–H groups in total. The van der Waals surface area contributed by atoms with Crippen molar-refractivity contribution in [2.75, 3.05) is 5.32 Å². The van der Waals surface area contributed by atoms with E-state index in [4.69, 9.17) is 4.74 Å². The number of halogens is 1. The molecule has 0 fully saturated rings. The maximum atomic E-state index is 14.0. The molecule has 0 bridgehead atoms. The van der Waals surface area contributed by atoms with Crippen LogP contribution in [0.1, 0.15) is 59.3 Å². The number of nitrogens with one attached hydrogen (secondary N) is 1. The van der Waals surface area contributed by atoms with Gasteiger partial charge in [-0.05, 0) is 67.1 Å². The Balaban J connectivity index is 1.47. The first-order chi connectivity index (χ1) is 16.5. The van der Waals surface area contributed by atoms with Gasteiger partial charge in [0.05, 0.1) is 18.2 Å². The maximum Gasteiger partial charge on any atom is 0.264 e. The lowest BCUT2D eigenvalue weighted by Gasteiger charge is -2.36. The summed E-state index contributed by atoms with van der Waals surface area (Å²) in [6.07, 6.45) is 2.95. The second kappa shape index (κ2) is 9.29. The van der Waals surface area contributed by atoms with Crippen molar-refractivity contribution < 1.29 is 18.7 Å². The molecule has 2 amide bonds. The molecule has 2 atom stereocenters. The fraction of sp³-hybridized carbons (Fsp3) is 0.286. The lowest BCUT2D eigenvalue weighted by molar-refractivity contribution is -0.141. The van der Waals surface area contributed by atoms with Gasteiger partial charge in [0.2, 0.25) is 0 Å². The Bertz CT molecular complexity index is 1240. The second-order valence-corrected chi connectivity index (χ2v) is 8.84. The molecule has 5 rings (SSSR count). The Labute approximate surface area is 198 Å². The van der Waals surface area contributed by atoms with Crippen molar-refractivity contribution in [2.45, 2.75) is 51.3 Å². The fourth-order valence-corrected chi connectivity index (χ4v) is 4.96. The molecule has 0 radical (unpaired) electrons. The highest BCUT2D eigenvalue weighted by atomic mass is 19.1. The molecule has 5 nitrogen and oxygen atoms in total. The number of carbonyl (C=O) groups is 2. The highest BCUT2D eigenvalue weighted by molar-refractivity contribution is 6.04. The molecule has 34 heavy (non-hydrogen) atoms. The largest absolute Gasteiger partial charge is 0.480 e. The first-order valence-electron chi connectivity index (χ1n) is 11.8. The summed E-state index contributed by atoms with van der Waals surface area (Å²) in [6, 6.07) is 19.5. The summed E-state index contributed by atoms with van der Waals surface area (Å²) in [6.45, 7) is 2.33. The Morgan fingerprint density at radius 3 is 2.71 bits per heavy atom. The van der Waals surface area contributed by atoms with E-state index >= 15 is 0 Å². The third kappa shape index (κ3) is 4.16. The Hall–Kier alpha value is -3.67. The van der Waals surface area contributed by atoms with Crippen LogP contribution in [0.4, 0.5) is 10.1 Å². The molecule has 0 aromatic heterocycles. The average molecular weight is 459 g/mol. The lowest BCUT2D eigenvalue weighted by Crippen LogP contribution is -2.42. The summed E-state index contributed by atoms with van der Waals surface area (Å²) in [5.41, 5.74) is 3.82. The number of aryl methyl sites for hydroxylation is 1. The summed E-state index contributed by atoms with van der Waals surface area (Å²) >= 11 is 0. The third-order valence-electron chi connectivity index (χ3n) is 6.69. The lowest BCUT2D eigenvalue weighted by atomic mass is 9.86. The quantitative estimate of drug-likeness (QED) is 0.549. The van der Waals surface area contributed by atoms with E-state index in [1.165, 1.54) is 23.3 Å². The second-order valence-electron chi connectivity index (χ2n) is 8.84. The van der Waals surface area contributed by atoms with Gasteiger partial charge >= 0.3 is 0 Å². The molecule has 2 aliphatic rings. The summed E-state index contributed by atoms with van der Waals surface area (Å²) in [5, 5.41) is 2.78. The van der Waals surface area contributed by atoms with Crippen LogP contribution in [0.5, 0.6) is 5.75 Å². The van der Waals surface area contributed by atoms with Crippen molar-refractivity contribution in [2.24, 2.45) is 0 Å². The SMILES string of the molecule is CCC1Oc2ccc(NC(=O)c3ccccc3F)cc2CN(C2CCCc3ccccc32)C1=O. The van der Waals surface area contributed by atoms with Crippen LogP contribution >= 0.6 is 0 Å². The zero-order valence-corrected chi connectivity index (χ0v) is 19.1. The number of carbonyl (C=O) groups excluding carboxylic acids is 2. The molecular weight excluding hydrogens is 431 g/mol. The predicted molar refractivity (Wildman–Crippen MR) is 128 cm³/mol. The number of hydrogen-bond donors (Lipinski definition) is 1. The molecule has 1 aliphatic carbocycles. The van der Waals surface area contributed by atoms with Crippen LogP contribution in [0.3, 0.4) is 0 Å². The van der Waals surface area contributed by atoms with Gasteiger partial charge in [-0.1, -0.05) is 43.3 Å². The predicted octanol–water partition coefficient (Wildman–Crippen LogP) is 5.66. The zero-order valence-electron chi connectivity index (χ0n) is 19.1. The van der Waals surface area contributed by atoms with Crippen LogP contribution in [0.2, 0.25) is 0 Å². The van der Waals surface area contributed by atoms with Gasteiger partial charge < -0.3 is 15.0 Å². The first kappa shape index (κ1) is 22.1. The maximum absolute atomic E-state index is 14.0. The van der Waals surface area contributed by atoms with Crippen LogP contribution in [0.25, 0.3) is 0 Å². The van der Waals surface area contributed by atoms with Crippen LogP contribution in [0, 0.1) is 5.82 Å². The van der Waals surface area contributed by atoms with Gasteiger partial charge in [0.15, 0.2) is 6.10 Å². The number of fused-ring (bicyclic) bond motifs is 2. The van der Waals surface area contributed by atoms with E-state index in [1.807, 2.05) is 30.0 Å². The van der Waals surface area contributed by atoms with E-state index in [1.54, 1.807) is 24.3 Å². The number of anilines is 1. The van der Waals surface area contributed by atoms with Gasteiger partial charge in [0, 0.05) is 11.3 Å². The molecule has 0 saturated carbocycles. The highest BCUT2D eigenvalue weighted by Crippen LogP contribution is 2.39. The van der Waals surface area contributed by atoms with Crippen molar-refractivity contribution in [3.63, 3.8) is 0 Å². The van der Waals surface area contributed by atoms with Gasteiger partial charge in [-0.15, -0.1) is 0 Å². The minimum atomic E-state index is -0.573. The Morgan fingerprint density at radius 2 is 1.88 bits per heavy atom. The van der Waals surface area contributed by atoms with Gasteiger partial charge in [0.1, 0.15) is 11.6 Å². The van der Waals surface area contributed by atoms with Gasteiger partial charge in [-0.3, -0.25) is 9.59 Å². The van der Waals surface area contributed by atoms with Crippen LogP contribution in [0.15, 0.2) is 66.7 Å². The molecule has 3 aromatic carbocycles. The van der Waals surface area contributed by atoms with Gasteiger partial charge in [-0.2, -0.15) is 0 Å². The Morgan fingerprint density at radius 1 is 1.09 bits per heavy atom. The summed E-state index contributed by atoms with van der Waals surface area (Å²) in [4.78, 5) is 28.1. The topological polar surface area (TPSA) is 58.6 Å². The fourth-order valence-electron chi connectivity index (χ4n) is 4.96. The van der Waals surface area contributed by atoms with Crippen molar-refractivity contribution >= 4 is 17.5 Å². The molecule has 0 spiro atoms. The minimum Gasteiger partial charge on any atom is -0.480 e. The van der Waals surface area contributed by atoms with E-state index in [-0.39, 0.29) is 17.5 Å². The summed E-state index contributed by atoms with van der Waals surface area (Å²) < 4.78 is 20.2. The number of rotatable bonds is 4. The molecular formula is C28H27FN2O3. The monoisotopic (exact) mass is 458 g/mol. The molecule has 3 aromatic rings. The number of benzene rings is 3. The van der Waals surface area contributed by atoms with Crippen molar-refractivity contribution in [3.8, 4) is 5.75 Å². The van der Waals surface area contributed by atoms with Gasteiger partial charge in [0.25, 0.3) is 11.8 Å². The van der Waals surface area contributed by atoms with Crippen molar-refractivity contribution in [1.82, 2.24) is 4.90 Å². The van der Waals surface area contributed by atoms with Gasteiger partial charge in [-0.25, -0.2) is 4.39 Å². The number of nitrogens with zero attached hydrogens (tertiary/aromatic N) is 1. The average Bonchev–Trinajstić information content (AvgIpc) is 2.99. The highest BCUT2D eigenvalue weighted by Gasteiger charge is 2.36. The van der Waals surface area contributed by atoms with E-state index < -0.39 is 17.8 Å². The normalized spacial score (nSPS) is 19.5. The van der Waals surface area contributed by atoms with Crippen LogP contribution in [-0.2, 0) is 17.8 Å². The first-order valence-corrected chi connectivity index (χ1v) is 11.8. The number of amides is 2. The van der Waals surface area contributed by atoms with Crippen LogP contribution < -0.4 is 10.1 Å². The third-order valence-corrected chi connectivity index (χ3v) is 6.69. The van der Waals surface area contributed by atoms with E-state index in [0.717, 1.165) is 24.8 Å². The van der Waals surface area contributed by atoms with Crippen molar-refractivity contribution in [1.29, 1.82) is 0 Å². The molecule has 6 heteroatoms. The minimum absolute atomic E-state index is 0.0160. The molecule has 1 heterocycles. The van der Waals surface area contributed by atoms with Crippen LogP contribution in [-0.4, -0.2) is 22.8 Å². The molecule has 0 saturated heterocycles. The summed E-state index contributed by atoms with van der Waals surface area (Å²) in [7, 11) is 0. The van der Waals surface area contributed by atoms with E-state index in [9.17, 15) is 14.0 Å². The van der Waals surface area contributed by atoms with Crippen molar-refractivity contribution in [3.05, 3.63) is 94.8 Å². The number of hydrogen-bond acceptors (Lipinski definition) is 3. The number of ether oxygens (including phenoxy) is 1. The molecule has 174 valence electrons. The van der Waals surface area contributed by atoms with E-state index in [0.29, 0.717) is 24.4 Å².